The van der Waals surface area contributed by atoms with Crippen LogP contribution in [0.4, 0.5) is 10.5 Å². The number of urea groups is 1. The molecule has 10 heteroatoms. The summed E-state index contributed by atoms with van der Waals surface area (Å²) in [6.07, 6.45) is 3.29. The maximum absolute atomic E-state index is 13.0. The Morgan fingerprint density at radius 3 is 2.46 bits per heavy atom. The smallest absolute Gasteiger partial charge is 0.325 e. The maximum Gasteiger partial charge on any atom is 0.325 e. The van der Waals surface area contributed by atoms with Gasteiger partial charge in [0, 0.05) is 19.3 Å². The van der Waals surface area contributed by atoms with Gasteiger partial charge >= 0.3 is 6.03 Å². The molecule has 0 bridgehead atoms. The Bertz CT molecular complexity index is 1220. The lowest BCUT2D eigenvalue weighted by Crippen LogP contribution is -2.54. The number of hydrogen-bond acceptors (Lipinski definition) is 5. The molecule has 2 aromatic carbocycles. The predicted molar refractivity (Wildman–Crippen MR) is 131 cm³/mol. The van der Waals surface area contributed by atoms with Crippen LogP contribution in [-0.2, 0) is 26.2 Å². The number of carbonyl (C=O) groups is 3. The van der Waals surface area contributed by atoms with Gasteiger partial charge in [0.25, 0.3) is 5.91 Å². The van der Waals surface area contributed by atoms with E-state index in [0.717, 1.165) is 29.7 Å². The third kappa shape index (κ3) is 4.94. The Labute approximate surface area is 205 Å². The molecule has 186 valence electrons. The minimum atomic E-state index is -3.72. The molecule has 1 heterocycles. The van der Waals surface area contributed by atoms with Gasteiger partial charge in [-0.15, -0.1) is 0 Å². The predicted octanol–water partition coefficient (Wildman–Crippen LogP) is 2.95. The van der Waals surface area contributed by atoms with Gasteiger partial charge in [0.2, 0.25) is 15.9 Å². The van der Waals surface area contributed by atoms with Gasteiger partial charge in [-0.1, -0.05) is 50.1 Å². The van der Waals surface area contributed by atoms with Gasteiger partial charge in [0.05, 0.1) is 4.90 Å². The first kappa shape index (κ1) is 24.9. The van der Waals surface area contributed by atoms with E-state index in [9.17, 15) is 22.8 Å². The lowest BCUT2D eigenvalue weighted by atomic mass is 9.73. The van der Waals surface area contributed by atoms with Gasteiger partial charge in [0.15, 0.2) is 0 Å². The molecule has 1 aliphatic carbocycles. The van der Waals surface area contributed by atoms with Gasteiger partial charge in [-0.05, 0) is 48.6 Å². The summed E-state index contributed by atoms with van der Waals surface area (Å²) >= 11 is 0. The zero-order valence-corrected chi connectivity index (χ0v) is 20.7. The Balaban J connectivity index is 1.38. The van der Waals surface area contributed by atoms with E-state index in [4.69, 9.17) is 0 Å². The number of sulfonamides is 1. The summed E-state index contributed by atoms with van der Waals surface area (Å²) in [4.78, 5) is 39.2. The number of rotatable bonds is 7. The van der Waals surface area contributed by atoms with E-state index in [1.54, 1.807) is 0 Å². The second kappa shape index (κ2) is 9.79. The summed E-state index contributed by atoms with van der Waals surface area (Å²) in [6.45, 7) is 1.78. The quantitative estimate of drug-likeness (QED) is 0.570. The fourth-order valence-corrected chi connectivity index (χ4v) is 5.96. The summed E-state index contributed by atoms with van der Waals surface area (Å²) in [5.74, 6) is -0.881. The highest BCUT2D eigenvalue weighted by molar-refractivity contribution is 7.89. The number of nitrogens with one attached hydrogen (secondary N) is 2. The Morgan fingerprint density at radius 1 is 1.11 bits per heavy atom. The van der Waals surface area contributed by atoms with Crippen molar-refractivity contribution in [2.75, 3.05) is 18.9 Å². The van der Waals surface area contributed by atoms with Crippen LogP contribution in [0.3, 0.4) is 0 Å². The van der Waals surface area contributed by atoms with E-state index in [1.165, 1.54) is 35.6 Å². The number of imide groups is 1. The van der Waals surface area contributed by atoms with Crippen LogP contribution in [0.2, 0.25) is 0 Å². The van der Waals surface area contributed by atoms with Gasteiger partial charge < -0.3 is 10.6 Å². The summed E-state index contributed by atoms with van der Waals surface area (Å²) in [6, 6.07) is 14.5. The van der Waals surface area contributed by atoms with E-state index in [0.29, 0.717) is 12.1 Å². The van der Waals surface area contributed by atoms with Crippen LogP contribution in [0.25, 0.3) is 0 Å². The molecule has 2 aromatic rings. The number of amides is 4. The van der Waals surface area contributed by atoms with Gasteiger partial charge in [0.1, 0.15) is 12.1 Å². The van der Waals surface area contributed by atoms with Gasteiger partial charge in [-0.3, -0.25) is 14.5 Å². The van der Waals surface area contributed by atoms with Crippen molar-refractivity contribution in [3.8, 4) is 0 Å². The van der Waals surface area contributed by atoms with Crippen LogP contribution in [-0.4, -0.2) is 54.6 Å². The molecule has 2 fully saturated rings. The van der Waals surface area contributed by atoms with E-state index in [-0.39, 0.29) is 23.3 Å². The Kier molecular flexibility index (Phi) is 6.95. The van der Waals surface area contributed by atoms with Crippen molar-refractivity contribution >= 4 is 33.6 Å². The Morgan fingerprint density at radius 2 is 1.80 bits per heavy atom. The van der Waals surface area contributed by atoms with Crippen molar-refractivity contribution in [3.63, 3.8) is 0 Å². The van der Waals surface area contributed by atoms with Crippen molar-refractivity contribution in [3.05, 3.63) is 60.2 Å². The van der Waals surface area contributed by atoms with Crippen molar-refractivity contribution in [2.24, 2.45) is 5.92 Å². The third-order valence-corrected chi connectivity index (χ3v) is 8.72. The number of nitrogens with zero attached hydrogens (tertiary/aromatic N) is 2. The first-order valence-electron chi connectivity index (χ1n) is 11.7. The van der Waals surface area contributed by atoms with E-state index < -0.39 is 34.0 Å². The van der Waals surface area contributed by atoms with Crippen molar-refractivity contribution in [1.29, 1.82) is 0 Å². The highest BCUT2D eigenvalue weighted by Crippen LogP contribution is 2.38. The molecule has 2 N–H and O–H groups in total. The minimum absolute atomic E-state index is 0.00952. The van der Waals surface area contributed by atoms with Crippen LogP contribution in [0.5, 0.6) is 0 Å². The SMILES string of the molecule is C[C@@H]1CCCC[C@@]12NC(=O)N(CC(=O)Nc1ccc(S(=O)(=O)N(C)Cc3ccccc3)cc1)C2=O. The normalized spacial score (nSPS) is 22.5. The molecular weight excluding hydrogens is 468 g/mol. The van der Waals surface area contributed by atoms with E-state index in [1.807, 2.05) is 37.3 Å². The zero-order valence-electron chi connectivity index (χ0n) is 19.9. The number of hydrogen-bond donors (Lipinski definition) is 2. The lowest BCUT2D eigenvalue weighted by Gasteiger charge is -2.36. The molecular formula is C25H30N4O5S. The molecule has 1 saturated heterocycles. The second-order valence-corrected chi connectivity index (χ2v) is 11.3. The topological polar surface area (TPSA) is 116 Å². The zero-order chi connectivity index (χ0) is 25.2. The fourth-order valence-electron chi connectivity index (χ4n) is 4.80. The average molecular weight is 499 g/mol. The molecule has 0 radical (unpaired) electrons. The van der Waals surface area contributed by atoms with Gasteiger partial charge in [-0.2, -0.15) is 4.31 Å². The van der Waals surface area contributed by atoms with Crippen LogP contribution >= 0.6 is 0 Å². The van der Waals surface area contributed by atoms with Crippen molar-refractivity contribution in [1.82, 2.24) is 14.5 Å². The van der Waals surface area contributed by atoms with Crippen LogP contribution in [0.15, 0.2) is 59.5 Å². The summed E-state index contributed by atoms with van der Waals surface area (Å²) in [7, 11) is -2.21. The van der Waals surface area contributed by atoms with Crippen LogP contribution < -0.4 is 10.6 Å². The highest BCUT2D eigenvalue weighted by Gasteiger charge is 2.55. The highest BCUT2D eigenvalue weighted by atomic mass is 32.2. The summed E-state index contributed by atoms with van der Waals surface area (Å²) in [5, 5.41) is 5.47. The fraction of sp³-hybridized carbons (Fsp3) is 0.400. The summed E-state index contributed by atoms with van der Waals surface area (Å²) in [5.41, 5.74) is 0.317. The third-order valence-electron chi connectivity index (χ3n) is 6.90. The number of benzene rings is 2. The molecule has 0 aromatic heterocycles. The first-order valence-corrected chi connectivity index (χ1v) is 13.1. The van der Waals surface area contributed by atoms with Crippen LogP contribution in [0.1, 0.15) is 38.2 Å². The van der Waals surface area contributed by atoms with E-state index in [2.05, 4.69) is 10.6 Å². The van der Waals surface area contributed by atoms with Crippen LogP contribution in [0, 0.1) is 5.92 Å². The molecule has 1 aliphatic heterocycles. The number of anilines is 1. The standard InChI is InChI=1S/C25H30N4O5S/c1-18-8-6-7-15-25(18)23(31)29(24(32)27-25)17-22(30)26-20-11-13-21(14-12-20)35(33,34)28(2)16-19-9-4-3-5-10-19/h3-5,9-14,18H,6-8,15-17H2,1-2H3,(H,26,30)(H,27,32)/t18-,25-/m1/s1. The first-order chi connectivity index (χ1) is 16.6. The monoisotopic (exact) mass is 498 g/mol. The maximum atomic E-state index is 13.0. The second-order valence-electron chi connectivity index (χ2n) is 9.26. The average Bonchev–Trinajstić information content (AvgIpc) is 3.06. The molecule has 4 rings (SSSR count). The molecule has 2 atom stereocenters. The lowest BCUT2D eigenvalue weighted by molar-refractivity contribution is -0.136. The van der Waals surface area contributed by atoms with Crippen molar-refractivity contribution < 1.29 is 22.8 Å². The largest absolute Gasteiger partial charge is 0.325 e. The number of carbonyl (C=O) groups excluding carboxylic acids is 3. The Hall–Kier alpha value is -3.24. The van der Waals surface area contributed by atoms with Gasteiger partial charge in [-0.25, -0.2) is 13.2 Å². The molecule has 2 aliphatic rings. The molecule has 1 spiro atoms. The molecule has 9 nitrogen and oxygen atoms in total. The van der Waals surface area contributed by atoms with Crippen molar-refractivity contribution in [2.45, 2.75) is 49.6 Å². The molecule has 4 amide bonds. The van der Waals surface area contributed by atoms with E-state index >= 15 is 0 Å². The minimum Gasteiger partial charge on any atom is -0.325 e. The molecule has 1 saturated carbocycles. The molecule has 0 unspecified atom stereocenters. The summed E-state index contributed by atoms with van der Waals surface area (Å²) < 4.78 is 27.1. The molecule has 35 heavy (non-hydrogen) atoms.